The zero-order valence-electron chi connectivity index (χ0n) is 22.4. The molecule has 2 rings (SSSR count). The van der Waals surface area contributed by atoms with Crippen LogP contribution in [-0.2, 0) is 19.2 Å². The molecule has 0 aromatic carbocycles. The predicted molar refractivity (Wildman–Crippen MR) is 128 cm³/mol. The highest BCUT2D eigenvalue weighted by molar-refractivity contribution is 5.93. The van der Waals surface area contributed by atoms with Crippen molar-refractivity contribution in [1.82, 2.24) is 21.3 Å². The molecule has 1 aliphatic carbocycles. The molecule has 12 heteroatoms. The molecule has 1 saturated carbocycles. The SMILES string of the molecule is CC1(C)C[C@@H](C[C@@H](C#N)NC(=O)[C@H](CC2CC2(C)C)NC(=O)[C@@H](NC(=O)C(F)(F)F)C(C)(C)C)C(=O)N1. The van der Waals surface area contributed by atoms with Gasteiger partial charge in [-0.1, -0.05) is 34.6 Å². The van der Waals surface area contributed by atoms with Crippen molar-refractivity contribution in [3.8, 4) is 6.07 Å². The van der Waals surface area contributed by atoms with Gasteiger partial charge in [0.15, 0.2) is 0 Å². The van der Waals surface area contributed by atoms with E-state index in [1.807, 2.05) is 33.8 Å². The summed E-state index contributed by atoms with van der Waals surface area (Å²) in [6.07, 6.45) is -3.61. The van der Waals surface area contributed by atoms with Crippen LogP contribution in [0.3, 0.4) is 0 Å². The van der Waals surface area contributed by atoms with Crippen molar-refractivity contribution in [2.24, 2.45) is 22.7 Å². The molecule has 4 N–H and O–H groups in total. The van der Waals surface area contributed by atoms with Gasteiger partial charge >= 0.3 is 12.1 Å². The first-order valence-electron chi connectivity index (χ1n) is 12.4. The minimum absolute atomic E-state index is 0.0701. The number of nitrogens with zero attached hydrogens (tertiary/aromatic N) is 1. The minimum Gasteiger partial charge on any atom is -0.351 e. The third kappa shape index (κ3) is 8.33. The Balaban J connectivity index is 2.18. The Morgan fingerprint density at radius 2 is 1.59 bits per heavy atom. The maximum Gasteiger partial charge on any atom is 0.471 e. The van der Waals surface area contributed by atoms with E-state index in [-0.39, 0.29) is 30.1 Å². The molecule has 0 radical (unpaired) electrons. The molecule has 5 atom stereocenters. The molecule has 0 bridgehead atoms. The summed E-state index contributed by atoms with van der Waals surface area (Å²) in [5.41, 5.74) is -1.59. The Bertz CT molecular complexity index is 965. The molecule has 1 heterocycles. The van der Waals surface area contributed by atoms with Crippen LogP contribution in [0.15, 0.2) is 0 Å². The lowest BCUT2D eigenvalue weighted by Crippen LogP contribution is -2.60. The zero-order chi connectivity index (χ0) is 28.6. The number of halogens is 3. The molecule has 2 fully saturated rings. The second-order valence-corrected chi connectivity index (χ2v) is 12.7. The summed E-state index contributed by atoms with van der Waals surface area (Å²) in [6.45, 7) is 12.2. The smallest absolute Gasteiger partial charge is 0.351 e. The summed E-state index contributed by atoms with van der Waals surface area (Å²) in [4.78, 5) is 50.1. The van der Waals surface area contributed by atoms with Crippen molar-refractivity contribution in [3.63, 3.8) is 0 Å². The molecule has 4 amide bonds. The first kappa shape index (κ1) is 30.4. The standard InChI is InChI=1S/C25H38F3N5O4/c1-22(2,3)17(32-21(37)25(26,27)28)20(36)31-16(9-14-11-23(14,4)5)19(35)30-15(12-29)8-13-10-24(6,7)33-18(13)34/h13-17H,8-11H2,1-7H3,(H,30,35)(H,31,36)(H,32,37)(H,33,34)/t13-,14?,15+,16+,17-/m1/s1. The van der Waals surface area contributed by atoms with Gasteiger partial charge in [-0.15, -0.1) is 0 Å². The summed E-state index contributed by atoms with van der Waals surface area (Å²) in [6, 6.07) is -1.73. The summed E-state index contributed by atoms with van der Waals surface area (Å²) < 4.78 is 38.6. The first-order chi connectivity index (χ1) is 16.7. The van der Waals surface area contributed by atoms with Crippen LogP contribution in [0.5, 0.6) is 0 Å². The monoisotopic (exact) mass is 529 g/mol. The lowest BCUT2D eigenvalue weighted by atomic mass is 9.85. The average Bonchev–Trinajstić information content (AvgIpc) is 3.22. The van der Waals surface area contributed by atoms with Gasteiger partial charge in [0.05, 0.1) is 6.07 Å². The van der Waals surface area contributed by atoms with Crippen LogP contribution in [0.1, 0.15) is 74.1 Å². The molecular formula is C25H38F3N5O4. The summed E-state index contributed by atoms with van der Waals surface area (Å²) >= 11 is 0. The lowest BCUT2D eigenvalue weighted by Gasteiger charge is -2.32. The van der Waals surface area contributed by atoms with Crippen molar-refractivity contribution < 1.29 is 32.3 Å². The average molecular weight is 530 g/mol. The van der Waals surface area contributed by atoms with Gasteiger partial charge in [-0.25, -0.2) is 0 Å². The molecule has 0 spiro atoms. The molecule has 9 nitrogen and oxygen atoms in total. The third-order valence-electron chi connectivity index (χ3n) is 7.11. The van der Waals surface area contributed by atoms with Gasteiger partial charge in [0, 0.05) is 11.5 Å². The van der Waals surface area contributed by atoms with Crippen molar-refractivity contribution in [2.45, 2.75) is 104 Å². The van der Waals surface area contributed by atoms with Gasteiger partial charge in [-0.2, -0.15) is 18.4 Å². The predicted octanol–water partition coefficient (Wildman–Crippen LogP) is 2.31. The van der Waals surface area contributed by atoms with E-state index in [1.54, 1.807) is 5.32 Å². The van der Waals surface area contributed by atoms with E-state index < -0.39 is 58.9 Å². The highest BCUT2D eigenvalue weighted by atomic mass is 19.4. The quantitative estimate of drug-likeness (QED) is 0.363. The second kappa shape index (κ2) is 10.5. The third-order valence-corrected chi connectivity index (χ3v) is 7.11. The molecule has 0 aromatic rings. The van der Waals surface area contributed by atoms with Gasteiger partial charge in [0.2, 0.25) is 17.7 Å². The first-order valence-corrected chi connectivity index (χ1v) is 12.4. The summed E-state index contributed by atoms with van der Waals surface area (Å²) in [5, 5.41) is 19.3. The van der Waals surface area contributed by atoms with Crippen LogP contribution in [0.25, 0.3) is 0 Å². The Hall–Kier alpha value is -2.84. The largest absolute Gasteiger partial charge is 0.471 e. The number of carbonyl (C=O) groups is 4. The molecule has 208 valence electrons. The normalized spacial score (nSPS) is 24.6. The van der Waals surface area contributed by atoms with Crippen LogP contribution in [-0.4, -0.2) is 53.5 Å². The van der Waals surface area contributed by atoms with Gasteiger partial charge in [-0.05, 0) is 56.3 Å². The van der Waals surface area contributed by atoms with Crippen LogP contribution in [0.4, 0.5) is 13.2 Å². The molecule has 1 saturated heterocycles. The van der Waals surface area contributed by atoms with E-state index >= 15 is 0 Å². The molecule has 1 unspecified atom stereocenters. The van der Waals surface area contributed by atoms with E-state index in [9.17, 15) is 37.6 Å². The van der Waals surface area contributed by atoms with E-state index in [2.05, 4.69) is 16.0 Å². The van der Waals surface area contributed by atoms with Crippen molar-refractivity contribution in [3.05, 3.63) is 0 Å². The minimum atomic E-state index is -5.18. The molecule has 2 aliphatic rings. The summed E-state index contributed by atoms with van der Waals surface area (Å²) in [5.74, 6) is -4.47. The van der Waals surface area contributed by atoms with E-state index in [4.69, 9.17) is 0 Å². The number of nitrogens with one attached hydrogen (secondary N) is 4. The number of rotatable bonds is 9. The highest BCUT2D eigenvalue weighted by Gasteiger charge is 2.49. The van der Waals surface area contributed by atoms with Crippen molar-refractivity contribution in [2.75, 3.05) is 0 Å². The zero-order valence-corrected chi connectivity index (χ0v) is 22.4. The summed E-state index contributed by atoms with van der Waals surface area (Å²) in [7, 11) is 0. The number of alkyl halides is 3. The number of carbonyl (C=O) groups excluding carboxylic acids is 4. The Kier molecular flexibility index (Phi) is 8.62. The topological polar surface area (TPSA) is 140 Å². The Morgan fingerprint density at radius 1 is 1.03 bits per heavy atom. The Morgan fingerprint density at radius 3 is 2.00 bits per heavy atom. The van der Waals surface area contributed by atoms with Crippen molar-refractivity contribution in [1.29, 1.82) is 5.26 Å². The van der Waals surface area contributed by atoms with E-state index in [1.165, 1.54) is 20.8 Å². The fourth-order valence-electron chi connectivity index (χ4n) is 4.72. The van der Waals surface area contributed by atoms with Crippen molar-refractivity contribution >= 4 is 23.6 Å². The number of amides is 4. The van der Waals surface area contributed by atoms with Gasteiger partial charge in [-0.3, -0.25) is 19.2 Å². The molecule has 37 heavy (non-hydrogen) atoms. The molecule has 0 aromatic heterocycles. The van der Waals surface area contributed by atoms with E-state index in [0.717, 1.165) is 6.42 Å². The molecular weight excluding hydrogens is 491 g/mol. The Labute approximate surface area is 215 Å². The van der Waals surface area contributed by atoms with Crippen LogP contribution < -0.4 is 21.3 Å². The van der Waals surface area contributed by atoms with Crippen LogP contribution in [0, 0.1) is 34.0 Å². The lowest BCUT2D eigenvalue weighted by molar-refractivity contribution is -0.175. The maximum atomic E-state index is 13.2. The number of hydrogen-bond acceptors (Lipinski definition) is 5. The van der Waals surface area contributed by atoms with Gasteiger partial charge < -0.3 is 21.3 Å². The maximum absolute atomic E-state index is 13.2. The van der Waals surface area contributed by atoms with Gasteiger partial charge in [0.1, 0.15) is 18.1 Å². The molecule has 1 aliphatic heterocycles. The van der Waals surface area contributed by atoms with Crippen LogP contribution >= 0.6 is 0 Å². The second-order valence-electron chi connectivity index (χ2n) is 12.7. The fourth-order valence-corrected chi connectivity index (χ4v) is 4.72. The van der Waals surface area contributed by atoms with Crippen LogP contribution in [0.2, 0.25) is 0 Å². The highest BCUT2D eigenvalue weighted by Crippen LogP contribution is 2.54. The number of nitriles is 1. The van der Waals surface area contributed by atoms with E-state index in [0.29, 0.717) is 6.42 Å². The fraction of sp³-hybridized carbons (Fsp3) is 0.800. The van der Waals surface area contributed by atoms with Gasteiger partial charge in [0.25, 0.3) is 0 Å². The number of hydrogen-bond donors (Lipinski definition) is 4.